The standard InChI is InChI=1S/C32H20N3S.Ir/c1-20-18-33-35-29-19-36-32(30(29)25-13-2-3-14-26(25)31(20)35)21-9-8-10-22(17-21)34-27-15-6-4-11-23(27)24-12-5-7-16-28(24)34;/h2-18H,1H3;/q-1;. The van der Waals surface area contributed by atoms with E-state index in [-0.39, 0.29) is 20.1 Å². The molecule has 0 fully saturated rings. The van der Waals surface area contributed by atoms with Gasteiger partial charge in [-0.1, -0.05) is 89.1 Å². The maximum atomic E-state index is 4.72. The predicted molar refractivity (Wildman–Crippen MR) is 151 cm³/mol. The molecule has 0 bridgehead atoms. The summed E-state index contributed by atoms with van der Waals surface area (Å²) in [6.45, 7) is 2.13. The van der Waals surface area contributed by atoms with Crippen LogP contribution < -0.4 is 0 Å². The third-order valence-corrected chi connectivity index (χ3v) is 8.22. The van der Waals surface area contributed by atoms with Crippen LogP contribution in [0.2, 0.25) is 0 Å². The van der Waals surface area contributed by atoms with E-state index >= 15 is 0 Å². The van der Waals surface area contributed by atoms with Crippen molar-refractivity contribution in [3.8, 4) is 16.1 Å². The van der Waals surface area contributed by atoms with E-state index < -0.39 is 0 Å². The van der Waals surface area contributed by atoms with E-state index in [0.29, 0.717) is 0 Å². The summed E-state index contributed by atoms with van der Waals surface area (Å²) in [5.74, 6) is 0. The number of para-hydroxylation sites is 2. The molecule has 4 heterocycles. The minimum Gasteiger partial charge on any atom is -0.309 e. The Bertz CT molecular complexity index is 2080. The average Bonchev–Trinajstić information content (AvgIpc) is 3.63. The van der Waals surface area contributed by atoms with Gasteiger partial charge in [-0.2, -0.15) is 5.10 Å². The maximum absolute atomic E-state index is 4.72. The van der Waals surface area contributed by atoms with Gasteiger partial charge in [-0.3, -0.25) is 15.9 Å². The van der Waals surface area contributed by atoms with Crippen molar-refractivity contribution in [3.05, 3.63) is 114 Å². The minimum atomic E-state index is 0. The molecule has 0 spiro atoms. The van der Waals surface area contributed by atoms with Crippen LogP contribution in [0, 0.1) is 12.3 Å². The average molecular weight is 671 g/mol. The SMILES string of the molecule is Cc1cnn2c3[c-]sc(-c4cccc(-n5c6ccccc6c6ccccc65)c4)c3c3ccccc3c12.[Ir]. The molecule has 0 N–H and O–H groups in total. The number of hydrogen-bond donors (Lipinski definition) is 0. The first kappa shape index (κ1) is 22.4. The normalized spacial score (nSPS) is 11.7. The molecular weight excluding hydrogens is 651 g/mol. The van der Waals surface area contributed by atoms with Gasteiger partial charge in [0.05, 0.1) is 22.7 Å². The summed E-state index contributed by atoms with van der Waals surface area (Å²) in [6.07, 6.45) is 1.95. The predicted octanol–water partition coefficient (Wildman–Crippen LogP) is 8.57. The Balaban J connectivity index is 0.00000231. The topological polar surface area (TPSA) is 22.2 Å². The molecular formula is C32H20IrN3S-. The van der Waals surface area contributed by atoms with Crippen LogP contribution in [0.15, 0.2) is 103 Å². The van der Waals surface area contributed by atoms with Crippen LogP contribution in [0.25, 0.3) is 65.1 Å². The van der Waals surface area contributed by atoms with Crippen molar-refractivity contribution < 1.29 is 20.1 Å². The smallest absolute Gasteiger partial charge is 0.0740 e. The van der Waals surface area contributed by atoms with E-state index in [4.69, 9.17) is 5.10 Å². The van der Waals surface area contributed by atoms with Crippen molar-refractivity contribution in [2.75, 3.05) is 0 Å². The molecule has 4 aromatic heterocycles. The van der Waals surface area contributed by atoms with Gasteiger partial charge in [0, 0.05) is 36.6 Å². The Labute approximate surface area is 230 Å². The van der Waals surface area contributed by atoms with Crippen LogP contribution in [0.3, 0.4) is 0 Å². The molecule has 4 aromatic carbocycles. The summed E-state index contributed by atoms with van der Waals surface area (Å²) in [7, 11) is 0. The number of benzene rings is 4. The largest absolute Gasteiger partial charge is 0.309 e. The zero-order valence-corrected chi connectivity index (χ0v) is 23.1. The van der Waals surface area contributed by atoms with Gasteiger partial charge in [-0.15, -0.1) is 10.3 Å². The second-order valence-corrected chi connectivity index (χ2v) is 10.1. The molecule has 0 saturated heterocycles. The Morgan fingerprint density at radius 3 is 2.11 bits per heavy atom. The minimum absolute atomic E-state index is 0. The van der Waals surface area contributed by atoms with Crippen LogP contribution in [0.1, 0.15) is 5.56 Å². The monoisotopic (exact) mass is 671 g/mol. The van der Waals surface area contributed by atoms with E-state index in [9.17, 15) is 0 Å². The molecule has 179 valence electrons. The van der Waals surface area contributed by atoms with Gasteiger partial charge in [0.2, 0.25) is 0 Å². The summed E-state index contributed by atoms with van der Waals surface area (Å²) >= 11 is 1.67. The molecule has 1 radical (unpaired) electrons. The Morgan fingerprint density at radius 1 is 0.730 bits per heavy atom. The van der Waals surface area contributed by atoms with Crippen molar-refractivity contribution in [2.45, 2.75) is 6.92 Å². The zero-order chi connectivity index (χ0) is 23.8. The Kier molecular flexibility index (Phi) is 5.09. The second kappa shape index (κ2) is 8.39. The third kappa shape index (κ3) is 3.12. The van der Waals surface area contributed by atoms with Crippen molar-refractivity contribution in [1.82, 2.24) is 14.2 Å². The van der Waals surface area contributed by atoms with Gasteiger partial charge in [-0.25, -0.2) is 0 Å². The van der Waals surface area contributed by atoms with Gasteiger partial charge in [0.25, 0.3) is 0 Å². The van der Waals surface area contributed by atoms with Crippen LogP contribution in [-0.4, -0.2) is 14.2 Å². The van der Waals surface area contributed by atoms with Gasteiger partial charge >= 0.3 is 0 Å². The summed E-state index contributed by atoms with van der Waals surface area (Å²) in [4.78, 5) is 1.22. The van der Waals surface area contributed by atoms with E-state index in [1.165, 1.54) is 54.0 Å². The second-order valence-electron chi connectivity index (χ2n) is 9.31. The Hall–Kier alpha value is -3.76. The fourth-order valence-corrected chi connectivity index (χ4v) is 6.67. The van der Waals surface area contributed by atoms with Gasteiger partial charge < -0.3 is 4.57 Å². The molecule has 0 saturated carbocycles. The molecule has 8 rings (SSSR count). The fourth-order valence-electron chi connectivity index (χ4n) is 5.73. The van der Waals surface area contributed by atoms with Crippen molar-refractivity contribution in [2.24, 2.45) is 0 Å². The molecule has 0 aliphatic carbocycles. The number of aromatic nitrogens is 3. The fraction of sp³-hybridized carbons (Fsp3) is 0.0312. The van der Waals surface area contributed by atoms with Crippen molar-refractivity contribution in [1.29, 1.82) is 0 Å². The first-order chi connectivity index (χ1) is 17.8. The first-order valence-electron chi connectivity index (χ1n) is 12.1. The van der Waals surface area contributed by atoms with E-state index in [2.05, 4.69) is 118 Å². The summed E-state index contributed by atoms with van der Waals surface area (Å²) in [5.41, 5.74) is 8.18. The Morgan fingerprint density at radius 2 is 1.38 bits per heavy atom. The van der Waals surface area contributed by atoms with Gasteiger partial charge in [0.15, 0.2) is 0 Å². The van der Waals surface area contributed by atoms with E-state index in [1.54, 1.807) is 11.3 Å². The van der Waals surface area contributed by atoms with Gasteiger partial charge in [0.1, 0.15) is 0 Å². The molecule has 0 aliphatic heterocycles. The summed E-state index contributed by atoms with van der Waals surface area (Å²) in [6, 6.07) is 34.9. The number of hydrogen-bond acceptors (Lipinski definition) is 2. The van der Waals surface area contributed by atoms with Crippen LogP contribution in [0.5, 0.6) is 0 Å². The van der Waals surface area contributed by atoms with Gasteiger partial charge in [-0.05, 0) is 47.7 Å². The number of nitrogens with zero attached hydrogens (tertiary/aromatic N) is 3. The molecule has 3 nitrogen and oxygen atoms in total. The number of rotatable bonds is 2. The van der Waals surface area contributed by atoms with Crippen LogP contribution in [0.4, 0.5) is 0 Å². The third-order valence-electron chi connectivity index (χ3n) is 7.28. The van der Waals surface area contributed by atoms with Crippen molar-refractivity contribution in [3.63, 3.8) is 0 Å². The summed E-state index contributed by atoms with van der Waals surface area (Å²) < 4.78 is 4.44. The van der Waals surface area contributed by atoms with Crippen molar-refractivity contribution >= 4 is 60.3 Å². The van der Waals surface area contributed by atoms with Crippen LogP contribution in [-0.2, 0) is 20.1 Å². The maximum Gasteiger partial charge on any atom is 0.0740 e. The van der Waals surface area contributed by atoms with Crippen LogP contribution >= 0.6 is 11.3 Å². The number of thiophene rings is 1. The molecule has 8 aromatic rings. The molecule has 0 aliphatic rings. The molecule has 0 atom stereocenters. The molecule has 0 unspecified atom stereocenters. The zero-order valence-electron chi connectivity index (χ0n) is 19.9. The molecule has 5 heteroatoms. The van der Waals surface area contributed by atoms with E-state index in [1.807, 2.05) is 6.20 Å². The summed E-state index contributed by atoms with van der Waals surface area (Å²) in [5, 5.41) is 14.5. The number of pyridine rings is 1. The first-order valence-corrected chi connectivity index (χ1v) is 12.9. The quantitative estimate of drug-likeness (QED) is 0.169. The molecule has 0 amide bonds. The number of aryl methyl sites for hydroxylation is 1. The van der Waals surface area contributed by atoms with E-state index in [0.717, 1.165) is 16.7 Å². The molecule has 37 heavy (non-hydrogen) atoms. The number of fused-ring (bicyclic) bond motifs is 9.